The highest BCUT2D eigenvalue weighted by Crippen LogP contribution is 2.40. The Morgan fingerprint density at radius 2 is 2.12 bits per heavy atom. The van der Waals surface area contributed by atoms with Gasteiger partial charge in [0.2, 0.25) is 11.6 Å². The van der Waals surface area contributed by atoms with Crippen molar-refractivity contribution in [2.24, 2.45) is 0 Å². The molecular weight excluding hydrogens is 323 g/mol. The summed E-state index contributed by atoms with van der Waals surface area (Å²) in [5.74, 6) is -1.30. The van der Waals surface area contributed by atoms with Crippen molar-refractivity contribution in [1.29, 1.82) is 0 Å². The number of ether oxygens (including phenoxy) is 2. The van der Waals surface area contributed by atoms with E-state index in [-0.39, 0.29) is 29.1 Å². The number of hydrogen-bond acceptors (Lipinski definition) is 7. The highest BCUT2D eigenvalue weighted by molar-refractivity contribution is 5.99. The Hall–Kier alpha value is -3.30. The number of rotatable bonds is 3. The van der Waals surface area contributed by atoms with Gasteiger partial charge in [0.15, 0.2) is 11.4 Å². The number of nitro benzene ring substituents is 1. The van der Waals surface area contributed by atoms with Gasteiger partial charge in [-0.1, -0.05) is 0 Å². The average molecular weight is 334 g/mol. The van der Waals surface area contributed by atoms with Crippen molar-refractivity contribution in [1.82, 2.24) is 9.97 Å². The first-order valence-corrected chi connectivity index (χ1v) is 6.75. The Morgan fingerprint density at radius 3 is 2.79 bits per heavy atom. The standard InChI is InChI=1S/C14H11FN4O5/c1-14(2)13(20)18-11-10(24-14)12(17-6-16-11)23-7-3-4-9(19(21)22)8(15)5-7/h3-6H,1-2H3,(H,16,17,18,20). The van der Waals surface area contributed by atoms with Crippen LogP contribution >= 0.6 is 0 Å². The lowest BCUT2D eigenvalue weighted by atomic mass is 10.1. The number of aromatic nitrogens is 2. The lowest BCUT2D eigenvalue weighted by Crippen LogP contribution is -2.46. The Labute approximate surface area is 134 Å². The Balaban J connectivity index is 1.95. The summed E-state index contributed by atoms with van der Waals surface area (Å²) in [4.78, 5) is 29.4. The number of carbonyl (C=O) groups is 1. The summed E-state index contributed by atoms with van der Waals surface area (Å²) in [6.07, 6.45) is 1.14. The summed E-state index contributed by atoms with van der Waals surface area (Å²) in [6.45, 7) is 3.10. The van der Waals surface area contributed by atoms with Gasteiger partial charge in [0.25, 0.3) is 11.8 Å². The second-order valence-corrected chi connectivity index (χ2v) is 5.40. The number of nitrogens with one attached hydrogen (secondary N) is 1. The van der Waals surface area contributed by atoms with Crippen LogP contribution in [0.25, 0.3) is 0 Å². The molecule has 1 aliphatic heterocycles. The molecule has 1 aromatic carbocycles. The van der Waals surface area contributed by atoms with Crippen molar-refractivity contribution in [3.63, 3.8) is 0 Å². The van der Waals surface area contributed by atoms with Crippen LogP contribution in [0.15, 0.2) is 24.5 Å². The van der Waals surface area contributed by atoms with Crippen LogP contribution in [-0.2, 0) is 4.79 Å². The maximum absolute atomic E-state index is 13.7. The number of fused-ring (bicyclic) bond motifs is 1. The molecule has 0 unspecified atom stereocenters. The Kier molecular flexibility index (Phi) is 3.51. The molecule has 0 radical (unpaired) electrons. The molecule has 3 rings (SSSR count). The number of halogens is 1. The third-order valence-corrected chi connectivity index (χ3v) is 3.24. The van der Waals surface area contributed by atoms with Crippen LogP contribution in [-0.4, -0.2) is 26.4 Å². The predicted molar refractivity (Wildman–Crippen MR) is 78.5 cm³/mol. The minimum absolute atomic E-state index is 0.0164. The number of benzene rings is 1. The molecule has 24 heavy (non-hydrogen) atoms. The molecule has 0 saturated heterocycles. The summed E-state index contributed by atoms with van der Waals surface area (Å²) in [6, 6.07) is 3.06. The van der Waals surface area contributed by atoms with Gasteiger partial charge in [0.1, 0.15) is 12.1 Å². The van der Waals surface area contributed by atoms with Gasteiger partial charge < -0.3 is 14.8 Å². The number of hydrogen-bond donors (Lipinski definition) is 1. The SMILES string of the molecule is CC1(C)Oc2c(ncnc2Oc2ccc([N+](=O)[O-])c(F)c2)NC1=O. The number of amides is 1. The lowest BCUT2D eigenvalue weighted by Gasteiger charge is -2.31. The molecule has 2 heterocycles. The molecule has 2 aromatic rings. The van der Waals surface area contributed by atoms with Gasteiger partial charge >= 0.3 is 5.69 Å². The van der Waals surface area contributed by atoms with E-state index in [2.05, 4.69) is 15.3 Å². The first kappa shape index (κ1) is 15.6. The molecule has 10 heteroatoms. The molecule has 0 spiro atoms. The average Bonchev–Trinajstić information content (AvgIpc) is 2.49. The van der Waals surface area contributed by atoms with Crippen molar-refractivity contribution < 1.29 is 23.6 Å². The largest absolute Gasteiger partial charge is 0.469 e. The maximum Gasteiger partial charge on any atom is 0.305 e. The van der Waals surface area contributed by atoms with Crippen LogP contribution in [0.4, 0.5) is 15.9 Å². The van der Waals surface area contributed by atoms with E-state index in [1.807, 2.05) is 0 Å². The molecule has 1 aromatic heterocycles. The van der Waals surface area contributed by atoms with Crippen molar-refractivity contribution in [2.45, 2.75) is 19.4 Å². The molecule has 0 fully saturated rings. The molecule has 124 valence electrons. The third kappa shape index (κ3) is 2.69. The monoisotopic (exact) mass is 334 g/mol. The molecular formula is C14H11FN4O5. The van der Waals surface area contributed by atoms with E-state index >= 15 is 0 Å². The van der Waals surface area contributed by atoms with Crippen LogP contribution in [0, 0.1) is 15.9 Å². The number of nitrogens with zero attached hydrogens (tertiary/aromatic N) is 3. The fraction of sp³-hybridized carbons (Fsp3) is 0.214. The van der Waals surface area contributed by atoms with Gasteiger partial charge in [0.05, 0.1) is 4.92 Å². The molecule has 0 atom stereocenters. The normalized spacial score (nSPS) is 15.0. The minimum atomic E-state index is -1.17. The van der Waals surface area contributed by atoms with E-state index in [4.69, 9.17) is 9.47 Å². The topological polar surface area (TPSA) is 116 Å². The van der Waals surface area contributed by atoms with Gasteiger partial charge in [-0.3, -0.25) is 14.9 Å². The first-order chi connectivity index (χ1) is 11.3. The van der Waals surface area contributed by atoms with Crippen molar-refractivity contribution in [3.05, 3.63) is 40.5 Å². The van der Waals surface area contributed by atoms with Crippen LogP contribution in [0.1, 0.15) is 13.8 Å². The Bertz CT molecular complexity index is 855. The lowest BCUT2D eigenvalue weighted by molar-refractivity contribution is -0.387. The van der Waals surface area contributed by atoms with E-state index in [1.54, 1.807) is 13.8 Å². The van der Waals surface area contributed by atoms with E-state index in [9.17, 15) is 19.3 Å². The van der Waals surface area contributed by atoms with Gasteiger partial charge in [-0.25, -0.2) is 4.98 Å². The van der Waals surface area contributed by atoms with Crippen molar-refractivity contribution in [2.75, 3.05) is 5.32 Å². The van der Waals surface area contributed by atoms with E-state index in [0.717, 1.165) is 18.5 Å². The zero-order valence-corrected chi connectivity index (χ0v) is 12.6. The molecule has 9 nitrogen and oxygen atoms in total. The molecule has 1 amide bonds. The second kappa shape index (κ2) is 5.41. The van der Waals surface area contributed by atoms with Crippen molar-refractivity contribution in [3.8, 4) is 17.4 Å². The molecule has 0 saturated carbocycles. The molecule has 0 bridgehead atoms. The fourth-order valence-electron chi connectivity index (χ4n) is 1.98. The van der Waals surface area contributed by atoms with Crippen LogP contribution in [0.2, 0.25) is 0 Å². The maximum atomic E-state index is 13.7. The highest BCUT2D eigenvalue weighted by Gasteiger charge is 2.38. The van der Waals surface area contributed by atoms with Gasteiger partial charge in [0, 0.05) is 12.1 Å². The molecule has 0 aliphatic carbocycles. The fourth-order valence-corrected chi connectivity index (χ4v) is 1.98. The quantitative estimate of drug-likeness (QED) is 0.676. The first-order valence-electron chi connectivity index (χ1n) is 6.75. The van der Waals surface area contributed by atoms with Crippen LogP contribution in [0.5, 0.6) is 17.4 Å². The number of carbonyl (C=O) groups excluding carboxylic acids is 1. The highest BCUT2D eigenvalue weighted by atomic mass is 19.1. The van der Waals surface area contributed by atoms with E-state index in [0.29, 0.717) is 0 Å². The molecule has 1 N–H and O–H groups in total. The summed E-state index contributed by atoms with van der Waals surface area (Å²) in [7, 11) is 0. The zero-order chi connectivity index (χ0) is 17.5. The predicted octanol–water partition coefficient (Wildman–Crippen LogP) is 2.43. The van der Waals surface area contributed by atoms with Crippen LogP contribution in [0.3, 0.4) is 0 Å². The smallest absolute Gasteiger partial charge is 0.305 e. The van der Waals surface area contributed by atoms with Crippen LogP contribution < -0.4 is 14.8 Å². The summed E-state index contributed by atoms with van der Waals surface area (Å²) in [5, 5.41) is 13.2. The van der Waals surface area contributed by atoms with E-state index in [1.165, 1.54) is 6.07 Å². The van der Waals surface area contributed by atoms with Gasteiger partial charge in [-0.05, 0) is 19.9 Å². The minimum Gasteiger partial charge on any atom is -0.469 e. The third-order valence-electron chi connectivity index (χ3n) is 3.24. The number of nitro groups is 1. The van der Waals surface area contributed by atoms with Gasteiger partial charge in [-0.15, -0.1) is 0 Å². The summed E-state index contributed by atoms with van der Waals surface area (Å²) >= 11 is 0. The summed E-state index contributed by atoms with van der Waals surface area (Å²) < 4.78 is 24.7. The molecule has 1 aliphatic rings. The zero-order valence-electron chi connectivity index (χ0n) is 12.6. The Morgan fingerprint density at radius 1 is 1.38 bits per heavy atom. The van der Waals surface area contributed by atoms with Gasteiger partial charge in [-0.2, -0.15) is 9.37 Å². The van der Waals surface area contributed by atoms with Crippen molar-refractivity contribution >= 4 is 17.4 Å². The number of anilines is 1. The summed E-state index contributed by atoms with van der Waals surface area (Å²) in [5.41, 5.74) is -1.84. The van der Waals surface area contributed by atoms with E-state index < -0.39 is 22.0 Å². The second-order valence-electron chi connectivity index (χ2n) is 5.40.